The predicted octanol–water partition coefficient (Wildman–Crippen LogP) is 4.04. The van der Waals surface area contributed by atoms with E-state index in [1.165, 1.54) is 18.9 Å². The van der Waals surface area contributed by atoms with Crippen LogP contribution in [0.5, 0.6) is 0 Å². The second kappa shape index (κ2) is 4.06. The summed E-state index contributed by atoms with van der Waals surface area (Å²) >= 11 is 0. The maximum absolute atomic E-state index is 9.36. The van der Waals surface area contributed by atoms with Crippen molar-refractivity contribution in [3.8, 4) is 6.07 Å². The van der Waals surface area contributed by atoms with Gasteiger partial charge in [0.1, 0.15) is 0 Å². The summed E-state index contributed by atoms with van der Waals surface area (Å²) < 4.78 is 0. The van der Waals surface area contributed by atoms with Crippen LogP contribution in [0, 0.1) is 22.7 Å². The highest BCUT2D eigenvalue weighted by Gasteiger charge is 2.37. The molecule has 0 atom stereocenters. The van der Waals surface area contributed by atoms with Crippen molar-refractivity contribution in [1.29, 1.82) is 5.26 Å². The number of nitriles is 1. The molecule has 1 aliphatic carbocycles. The molecule has 1 nitrogen and oxygen atoms in total. The lowest BCUT2D eigenvalue weighted by Gasteiger charge is -2.37. The Morgan fingerprint density at radius 1 is 1.29 bits per heavy atom. The zero-order chi connectivity index (χ0) is 10.8. The Hall–Kier alpha value is -0.293. The Morgan fingerprint density at radius 2 is 1.79 bits per heavy atom. The highest BCUT2D eigenvalue weighted by Crippen LogP contribution is 2.43. The largest absolute Gasteiger partial charge is 0.198 e. The maximum atomic E-state index is 9.36. The Morgan fingerprint density at radius 3 is 2.14 bits per heavy atom. The van der Waals surface area contributed by atoms with Crippen LogP contribution in [0.15, 0.2) is 0 Å². The third-order valence-electron chi connectivity index (χ3n) is 3.34. The van der Waals surface area contributed by atoms with Gasteiger partial charge in [0.15, 0.2) is 0 Å². The molecule has 0 amide bonds. The summed E-state index contributed by atoms with van der Waals surface area (Å²) in [6.45, 7) is 9.45. The van der Waals surface area contributed by atoms with Crippen molar-refractivity contribution in [3.63, 3.8) is 0 Å². The Balaban J connectivity index is 2.65. The first-order chi connectivity index (χ1) is 6.37. The van der Waals surface area contributed by atoms with Gasteiger partial charge in [0.05, 0.1) is 11.5 Å². The van der Waals surface area contributed by atoms with Gasteiger partial charge in [0.2, 0.25) is 0 Å². The molecule has 0 saturated heterocycles. The van der Waals surface area contributed by atoms with Gasteiger partial charge in [-0.3, -0.25) is 0 Å². The average molecular weight is 209 g/mol. The molecule has 0 bridgehead atoms. The minimum Gasteiger partial charge on any atom is -0.198 e. The second-order valence-corrected chi connectivity index (χ2v) is 11.8. The van der Waals surface area contributed by atoms with E-state index in [0.29, 0.717) is 0 Å². The maximum Gasteiger partial charge on any atom is 0.0686 e. The Kier molecular flexibility index (Phi) is 3.42. The normalized spacial score (nSPS) is 33.8. The van der Waals surface area contributed by atoms with Crippen LogP contribution in [-0.4, -0.2) is 8.07 Å². The molecule has 0 aromatic heterocycles. The summed E-state index contributed by atoms with van der Waals surface area (Å²) in [5.74, 6) is 0.845. The molecule has 1 saturated carbocycles. The second-order valence-electron chi connectivity index (χ2n) is 6.31. The van der Waals surface area contributed by atoms with Gasteiger partial charge in [-0.05, 0) is 37.6 Å². The highest BCUT2D eigenvalue weighted by molar-refractivity contribution is 6.76. The quantitative estimate of drug-likeness (QED) is 0.630. The molecule has 14 heavy (non-hydrogen) atoms. The van der Waals surface area contributed by atoms with Gasteiger partial charge in [-0.1, -0.05) is 26.6 Å². The third-order valence-corrected chi connectivity index (χ3v) is 5.07. The molecular formula is C12H23NSi. The van der Waals surface area contributed by atoms with E-state index in [4.69, 9.17) is 0 Å². The van der Waals surface area contributed by atoms with Crippen LogP contribution >= 0.6 is 0 Å². The third kappa shape index (κ3) is 3.13. The van der Waals surface area contributed by atoms with Crippen molar-refractivity contribution in [2.75, 3.05) is 0 Å². The first kappa shape index (κ1) is 11.8. The fraction of sp³-hybridized carbons (Fsp3) is 0.917. The number of rotatable bonds is 2. The van der Waals surface area contributed by atoms with Gasteiger partial charge >= 0.3 is 0 Å². The van der Waals surface area contributed by atoms with Crippen LogP contribution in [0.2, 0.25) is 25.7 Å². The van der Waals surface area contributed by atoms with E-state index < -0.39 is 8.07 Å². The van der Waals surface area contributed by atoms with Crippen molar-refractivity contribution in [2.45, 2.75) is 58.3 Å². The smallest absolute Gasteiger partial charge is 0.0686 e. The van der Waals surface area contributed by atoms with Crippen molar-refractivity contribution >= 4 is 8.07 Å². The van der Waals surface area contributed by atoms with Crippen LogP contribution in [-0.2, 0) is 0 Å². The molecule has 0 N–H and O–H groups in total. The van der Waals surface area contributed by atoms with Crippen molar-refractivity contribution in [3.05, 3.63) is 0 Å². The predicted molar refractivity (Wildman–Crippen MR) is 63.8 cm³/mol. The lowest BCUT2D eigenvalue weighted by Crippen LogP contribution is -2.34. The number of hydrogen-bond acceptors (Lipinski definition) is 1. The van der Waals surface area contributed by atoms with Crippen LogP contribution in [0.1, 0.15) is 32.6 Å². The van der Waals surface area contributed by atoms with Gasteiger partial charge in [-0.15, -0.1) is 0 Å². The minimum atomic E-state index is -1.08. The summed E-state index contributed by atoms with van der Waals surface area (Å²) in [6.07, 6.45) is 4.82. The summed E-state index contributed by atoms with van der Waals surface area (Å²) in [4.78, 5) is 0. The molecule has 2 heteroatoms. The van der Waals surface area contributed by atoms with E-state index in [1.54, 1.807) is 0 Å². The highest BCUT2D eigenvalue weighted by atomic mass is 28.3. The molecule has 0 unspecified atom stereocenters. The monoisotopic (exact) mass is 209 g/mol. The standard InChI is InChI=1S/C12H23NSi/c1-11-5-7-12(9-13,8-6-11)10-14(2,3)4/h11H,5-8,10H2,1-4H3. The molecule has 0 spiro atoms. The van der Waals surface area contributed by atoms with Gasteiger partial charge in [0.25, 0.3) is 0 Å². The first-order valence-electron chi connectivity index (χ1n) is 5.78. The van der Waals surface area contributed by atoms with Gasteiger partial charge in [-0.2, -0.15) is 5.26 Å². The molecule has 1 rings (SSSR count). The van der Waals surface area contributed by atoms with Crippen LogP contribution in [0.25, 0.3) is 0 Å². The summed E-state index contributed by atoms with van der Waals surface area (Å²) in [6, 6.07) is 3.83. The lowest BCUT2D eigenvalue weighted by molar-refractivity contribution is 0.239. The van der Waals surface area contributed by atoms with E-state index >= 15 is 0 Å². The van der Waals surface area contributed by atoms with E-state index in [-0.39, 0.29) is 5.41 Å². The molecule has 0 radical (unpaired) electrons. The molecule has 0 aromatic rings. The van der Waals surface area contributed by atoms with E-state index in [0.717, 1.165) is 18.8 Å². The zero-order valence-corrected chi connectivity index (χ0v) is 11.1. The summed E-state index contributed by atoms with van der Waals surface area (Å²) in [7, 11) is -1.08. The van der Waals surface area contributed by atoms with E-state index in [2.05, 4.69) is 32.6 Å². The fourth-order valence-electron chi connectivity index (χ4n) is 2.66. The molecule has 1 fully saturated rings. The SMILES string of the molecule is CC1CCC(C#N)(C[Si](C)(C)C)CC1. The molecule has 0 aromatic carbocycles. The van der Waals surface area contributed by atoms with E-state index in [1.807, 2.05) is 0 Å². The fourth-order valence-corrected chi connectivity index (χ4v) is 5.12. The van der Waals surface area contributed by atoms with Crippen LogP contribution in [0.4, 0.5) is 0 Å². The number of nitrogens with zero attached hydrogens (tertiary/aromatic N) is 1. The van der Waals surface area contributed by atoms with Crippen molar-refractivity contribution in [2.24, 2.45) is 11.3 Å². The number of hydrogen-bond donors (Lipinski definition) is 0. The Bertz CT molecular complexity index is 226. The zero-order valence-electron chi connectivity index (χ0n) is 10.1. The van der Waals surface area contributed by atoms with Crippen LogP contribution in [0.3, 0.4) is 0 Å². The minimum absolute atomic E-state index is 0.0526. The summed E-state index contributed by atoms with van der Waals surface area (Å²) in [5, 5.41) is 9.36. The molecular weight excluding hydrogens is 186 g/mol. The molecule has 0 heterocycles. The lowest BCUT2D eigenvalue weighted by atomic mass is 9.73. The first-order valence-corrected chi connectivity index (χ1v) is 9.49. The summed E-state index contributed by atoms with van der Waals surface area (Å²) in [5.41, 5.74) is 0.0526. The topological polar surface area (TPSA) is 23.8 Å². The average Bonchev–Trinajstić information content (AvgIpc) is 2.07. The van der Waals surface area contributed by atoms with Crippen molar-refractivity contribution in [1.82, 2.24) is 0 Å². The van der Waals surface area contributed by atoms with Gasteiger partial charge in [-0.25, -0.2) is 0 Å². The van der Waals surface area contributed by atoms with Gasteiger partial charge < -0.3 is 0 Å². The Labute approximate surface area is 89.5 Å². The molecule has 0 aliphatic heterocycles. The van der Waals surface area contributed by atoms with Gasteiger partial charge in [0, 0.05) is 8.07 Å². The molecule has 80 valence electrons. The van der Waals surface area contributed by atoms with Crippen molar-refractivity contribution < 1.29 is 0 Å². The van der Waals surface area contributed by atoms with Crippen LogP contribution < -0.4 is 0 Å². The molecule has 1 aliphatic rings. The van der Waals surface area contributed by atoms with E-state index in [9.17, 15) is 5.26 Å².